The topological polar surface area (TPSA) is 69.4 Å². The molecule has 0 aliphatic carbocycles. The molecule has 2 rings (SSSR count). The minimum absolute atomic E-state index is 0.0743. The van der Waals surface area contributed by atoms with Crippen LogP contribution in [0, 0.1) is 17.0 Å². The largest absolute Gasteiger partial charge is 0.450 e. The molecule has 6 heteroatoms. The summed E-state index contributed by atoms with van der Waals surface area (Å²) in [5.41, 5.74) is 1.21. The molecule has 0 aliphatic rings. The Labute approximate surface area is 129 Å². The molecule has 0 bridgehead atoms. The number of carbonyl (C=O) groups excluding carboxylic acids is 1. The smallest absolute Gasteiger partial charge is 0.311 e. The van der Waals surface area contributed by atoms with Gasteiger partial charge in [-0.15, -0.1) is 0 Å². The molecule has 0 atom stereocenters. The third-order valence-electron chi connectivity index (χ3n) is 2.86. The Morgan fingerprint density at radius 1 is 1.24 bits per heavy atom. The van der Waals surface area contributed by atoms with Crippen LogP contribution in [0.2, 0.25) is 0 Å². The van der Waals surface area contributed by atoms with Crippen LogP contribution in [0.4, 0.5) is 5.69 Å². The van der Waals surface area contributed by atoms with Crippen molar-refractivity contribution in [2.45, 2.75) is 13.8 Å². The summed E-state index contributed by atoms with van der Waals surface area (Å²) in [6.07, 6.45) is 0. The van der Waals surface area contributed by atoms with Crippen molar-refractivity contribution in [3.8, 4) is 11.5 Å². The minimum Gasteiger partial charge on any atom is -0.450 e. The van der Waals surface area contributed by atoms with Crippen LogP contribution >= 0.6 is 15.9 Å². The zero-order valence-corrected chi connectivity index (χ0v) is 13.0. The van der Waals surface area contributed by atoms with Gasteiger partial charge in [-0.05, 0) is 59.6 Å². The zero-order valence-electron chi connectivity index (χ0n) is 11.4. The maximum atomic E-state index is 11.4. The number of nitro groups is 1. The fourth-order valence-electron chi connectivity index (χ4n) is 1.83. The Hall–Kier alpha value is -2.21. The highest BCUT2D eigenvalue weighted by atomic mass is 79.9. The lowest BCUT2D eigenvalue weighted by Gasteiger charge is -2.08. The van der Waals surface area contributed by atoms with E-state index in [9.17, 15) is 14.9 Å². The van der Waals surface area contributed by atoms with E-state index in [0.717, 1.165) is 5.56 Å². The number of hydrogen-bond acceptors (Lipinski definition) is 4. The van der Waals surface area contributed by atoms with Crippen molar-refractivity contribution in [1.29, 1.82) is 0 Å². The number of halogens is 1. The molecule has 0 radical (unpaired) electrons. The van der Waals surface area contributed by atoms with Gasteiger partial charge in [-0.1, -0.05) is 6.07 Å². The fraction of sp³-hybridized carbons (Fsp3) is 0.133. The molecule has 0 aromatic heterocycles. The molecule has 21 heavy (non-hydrogen) atoms. The van der Waals surface area contributed by atoms with Crippen LogP contribution in [-0.2, 0) is 0 Å². The van der Waals surface area contributed by atoms with Gasteiger partial charge in [-0.3, -0.25) is 14.9 Å². The number of benzene rings is 2. The first-order chi connectivity index (χ1) is 9.88. The first kappa shape index (κ1) is 15.2. The summed E-state index contributed by atoms with van der Waals surface area (Å²) < 4.78 is 6.14. The van der Waals surface area contributed by atoms with E-state index in [-0.39, 0.29) is 17.2 Å². The lowest BCUT2D eigenvalue weighted by Crippen LogP contribution is -1.96. The molecule has 0 saturated heterocycles. The van der Waals surface area contributed by atoms with Crippen molar-refractivity contribution in [2.24, 2.45) is 0 Å². The maximum absolute atomic E-state index is 11.4. The SMILES string of the molecule is CC(=O)c1ccc(Oc2ccc(C)cc2[N+](=O)[O-])cc1Br. The summed E-state index contributed by atoms with van der Waals surface area (Å²) in [4.78, 5) is 21.9. The molecule has 2 aromatic rings. The summed E-state index contributed by atoms with van der Waals surface area (Å²) in [6.45, 7) is 3.24. The Bertz CT molecular complexity index is 728. The van der Waals surface area contributed by atoms with Gasteiger partial charge in [-0.2, -0.15) is 0 Å². The normalized spacial score (nSPS) is 10.2. The summed E-state index contributed by atoms with van der Waals surface area (Å²) in [6, 6.07) is 9.57. The monoisotopic (exact) mass is 349 g/mol. The number of hydrogen-bond donors (Lipinski definition) is 0. The molecule has 0 amide bonds. The lowest BCUT2D eigenvalue weighted by atomic mass is 10.1. The summed E-state index contributed by atoms with van der Waals surface area (Å²) in [5, 5.41) is 11.0. The highest BCUT2D eigenvalue weighted by molar-refractivity contribution is 9.10. The van der Waals surface area contributed by atoms with Gasteiger partial charge in [0.2, 0.25) is 5.75 Å². The third kappa shape index (κ3) is 3.46. The highest BCUT2D eigenvalue weighted by Crippen LogP contribution is 2.33. The highest BCUT2D eigenvalue weighted by Gasteiger charge is 2.16. The van der Waals surface area contributed by atoms with Crippen molar-refractivity contribution >= 4 is 27.4 Å². The number of ketones is 1. The van der Waals surface area contributed by atoms with Crippen LogP contribution in [-0.4, -0.2) is 10.7 Å². The maximum Gasteiger partial charge on any atom is 0.311 e. The first-order valence-corrected chi connectivity index (χ1v) is 6.91. The molecule has 0 fully saturated rings. The van der Waals surface area contributed by atoms with E-state index >= 15 is 0 Å². The molecule has 2 aromatic carbocycles. The average molecular weight is 350 g/mol. The fourth-order valence-corrected chi connectivity index (χ4v) is 2.47. The molecule has 0 saturated carbocycles. The van der Waals surface area contributed by atoms with Gasteiger partial charge >= 0.3 is 5.69 Å². The lowest BCUT2D eigenvalue weighted by molar-refractivity contribution is -0.385. The number of Topliss-reactive ketones (excluding diaryl/α,β-unsaturated/α-hetero) is 1. The summed E-state index contributed by atoms with van der Waals surface area (Å²) in [7, 11) is 0. The number of ether oxygens (including phenoxy) is 1. The van der Waals surface area contributed by atoms with Gasteiger partial charge < -0.3 is 4.74 Å². The quantitative estimate of drug-likeness (QED) is 0.457. The Balaban J connectivity index is 2.37. The zero-order chi connectivity index (χ0) is 15.6. The van der Waals surface area contributed by atoms with Crippen LogP contribution in [0.5, 0.6) is 11.5 Å². The Morgan fingerprint density at radius 2 is 1.95 bits per heavy atom. The minimum atomic E-state index is -0.485. The Morgan fingerprint density at radius 3 is 2.52 bits per heavy atom. The summed E-state index contributed by atoms with van der Waals surface area (Å²) in [5.74, 6) is 0.502. The van der Waals surface area contributed by atoms with Crippen LogP contribution in [0.25, 0.3) is 0 Å². The van der Waals surface area contributed by atoms with E-state index in [0.29, 0.717) is 15.8 Å². The van der Waals surface area contributed by atoms with Crippen molar-refractivity contribution in [2.75, 3.05) is 0 Å². The summed E-state index contributed by atoms with van der Waals surface area (Å²) >= 11 is 3.29. The van der Waals surface area contributed by atoms with Crippen LogP contribution in [0.3, 0.4) is 0 Å². The van der Waals surface area contributed by atoms with E-state index < -0.39 is 4.92 Å². The van der Waals surface area contributed by atoms with E-state index in [1.807, 2.05) is 0 Å². The number of aryl methyl sites for hydroxylation is 1. The predicted molar refractivity (Wildman–Crippen MR) is 82.1 cm³/mol. The van der Waals surface area contributed by atoms with Gasteiger partial charge in [0.25, 0.3) is 0 Å². The van der Waals surface area contributed by atoms with Gasteiger partial charge in [-0.25, -0.2) is 0 Å². The van der Waals surface area contributed by atoms with Crippen LogP contribution in [0.15, 0.2) is 40.9 Å². The first-order valence-electron chi connectivity index (χ1n) is 6.12. The van der Waals surface area contributed by atoms with Gasteiger partial charge in [0, 0.05) is 16.1 Å². The van der Waals surface area contributed by atoms with E-state index in [1.165, 1.54) is 13.0 Å². The third-order valence-corrected chi connectivity index (χ3v) is 3.51. The van der Waals surface area contributed by atoms with Crippen molar-refractivity contribution in [3.63, 3.8) is 0 Å². The van der Waals surface area contributed by atoms with Crippen molar-refractivity contribution in [3.05, 3.63) is 62.1 Å². The molecule has 0 aliphatic heterocycles. The molecular formula is C15H12BrNO4. The van der Waals surface area contributed by atoms with Crippen molar-refractivity contribution in [1.82, 2.24) is 0 Å². The molecule has 0 N–H and O–H groups in total. The van der Waals surface area contributed by atoms with Crippen LogP contribution in [0.1, 0.15) is 22.8 Å². The molecule has 0 spiro atoms. The average Bonchev–Trinajstić information content (AvgIpc) is 2.40. The second kappa shape index (κ2) is 6.05. The van der Waals surface area contributed by atoms with Gasteiger partial charge in [0.15, 0.2) is 5.78 Å². The molecule has 108 valence electrons. The van der Waals surface area contributed by atoms with E-state index in [2.05, 4.69) is 15.9 Å². The van der Waals surface area contributed by atoms with E-state index in [4.69, 9.17) is 4.74 Å². The standard InChI is InChI=1S/C15H12BrNO4/c1-9-3-6-15(14(7-9)17(19)20)21-11-4-5-12(10(2)18)13(16)8-11/h3-8H,1-2H3. The molecular weight excluding hydrogens is 338 g/mol. The second-order valence-electron chi connectivity index (χ2n) is 4.53. The van der Waals surface area contributed by atoms with E-state index in [1.54, 1.807) is 37.3 Å². The molecule has 0 heterocycles. The Kier molecular flexibility index (Phi) is 4.37. The number of rotatable bonds is 4. The molecule has 0 unspecified atom stereocenters. The number of carbonyl (C=O) groups is 1. The molecule has 5 nitrogen and oxygen atoms in total. The van der Waals surface area contributed by atoms with Gasteiger partial charge in [0.1, 0.15) is 5.75 Å². The predicted octanol–water partition coefficient (Wildman–Crippen LogP) is 4.66. The number of nitrogens with zero attached hydrogens (tertiary/aromatic N) is 1. The van der Waals surface area contributed by atoms with Gasteiger partial charge in [0.05, 0.1) is 4.92 Å². The van der Waals surface area contributed by atoms with Crippen LogP contribution < -0.4 is 4.74 Å². The van der Waals surface area contributed by atoms with Crippen molar-refractivity contribution < 1.29 is 14.5 Å². The second-order valence-corrected chi connectivity index (χ2v) is 5.38. The number of nitro benzene ring substituents is 1.